The number of allylic oxidation sites excluding steroid dienone is 3. The van der Waals surface area contributed by atoms with Crippen LogP contribution >= 0.6 is 0 Å². The monoisotopic (exact) mass is 452 g/mol. The van der Waals surface area contributed by atoms with Gasteiger partial charge < -0.3 is 24.1 Å². The Kier molecular flexibility index (Phi) is 9.95. The van der Waals surface area contributed by atoms with E-state index in [1.807, 2.05) is 0 Å². The van der Waals surface area contributed by atoms with Crippen LogP contribution in [0.25, 0.3) is 0 Å². The van der Waals surface area contributed by atoms with Gasteiger partial charge in [-0.15, -0.1) is 0 Å². The van der Waals surface area contributed by atoms with Crippen LogP contribution < -0.4 is 0 Å². The van der Waals surface area contributed by atoms with E-state index in [-0.39, 0.29) is 41.9 Å². The molecular formula is C26H44O6. The van der Waals surface area contributed by atoms with Crippen molar-refractivity contribution in [1.29, 1.82) is 0 Å². The highest BCUT2D eigenvalue weighted by Crippen LogP contribution is 2.47. The van der Waals surface area contributed by atoms with Crippen LogP contribution in [0.15, 0.2) is 23.8 Å². The van der Waals surface area contributed by atoms with Crippen LogP contribution in [0, 0.1) is 17.8 Å². The second-order valence-electron chi connectivity index (χ2n) is 10.1. The Balaban J connectivity index is 1.89. The molecule has 0 aromatic heterocycles. The van der Waals surface area contributed by atoms with Gasteiger partial charge >= 0.3 is 5.97 Å². The Hall–Kier alpha value is -1.21. The molecule has 2 aliphatic heterocycles. The van der Waals surface area contributed by atoms with Crippen molar-refractivity contribution in [1.82, 2.24) is 0 Å². The predicted molar refractivity (Wildman–Crippen MR) is 125 cm³/mol. The van der Waals surface area contributed by atoms with Crippen LogP contribution in [0.5, 0.6) is 0 Å². The van der Waals surface area contributed by atoms with Gasteiger partial charge in [0.15, 0.2) is 0 Å². The molecule has 6 heteroatoms. The number of aliphatic hydroxyl groups excluding tert-OH is 1. The van der Waals surface area contributed by atoms with E-state index < -0.39 is 6.10 Å². The van der Waals surface area contributed by atoms with Gasteiger partial charge in [-0.05, 0) is 57.4 Å². The van der Waals surface area contributed by atoms with Crippen molar-refractivity contribution in [2.75, 3.05) is 14.2 Å². The molecule has 9 atom stereocenters. The molecule has 0 aromatic carbocycles. The number of carbonyl (C=O) groups is 1. The standard InChI is InChI=1S/C26H44O6/c1-16(15-26(6)25(32-26)19(4)24(30-8)20(5)27)10-9-11-17(2)23-18(3)12-13-21(31-23)14-22(28)29-7/h9-11,16,18-21,23-25,27H,12-15H2,1-8H3/b10-9+,17-11+/t16-,18+,19-,20-,21-,23-,24-,25-,26?/m1/s1. The van der Waals surface area contributed by atoms with E-state index in [9.17, 15) is 9.90 Å². The second kappa shape index (κ2) is 11.8. The number of hydrogen-bond donors (Lipinski definition) is 1. The normalized spacial score (nSPS) is 34.7. The lowest BCUT2D eigenvalue weighted by atomic mass is 9.85. The van der Waals surface area contributed by atoms with E-state index in [2.05, 4.69) is 52.8 Å². The Morgan fingerprint density at radius 1 is 1.25 bits per heavy atom. The molecule has 2 aliphatic rings. The smallest absolute Gasteiger partial charge is 0.308 e. The van der Waals surface area contributed by atoms with Gasteiger partial charge in [0.05, 0.1) is 49.7 Å². The van der Waals surface area contributed by atoms with Crippen molar-refractivity contribution in [2.24, 2.45) is 17.8 Å². The van der Waals surface area contributed by atoms with Crippen molar-refractivity contribution in [3.05, 3.63) is 23.8 Å². The molecule has 0 amide bonds. The highest BCUT2D eigenvalue weighted by atomic mass is 16.6. The van der Waals surface area contributed by atoms with Gasteiger partial charge in [-0.1, -0.05) is 39.0 Å². The summed E-state index contributed by atoms with van der Waals surface area (Å²) in [5.74, 6) is 0.693. The van der Waals surface area contributed by atoms with Gasteiger partial charge in [0.2, 0.25) is 0 Å². The van der Waals surface area contributed by atoms with E-state index in [1.165, 1.54) is 12.7 Å². The van der Waals surface area contributed by atoms with Gasteiger partial charge in [0.1, 0.15) is 0 Å². The van der Waals surface area contributed by atoms with Gasteiger partial charge in [0, 0.05) is 13.0 Å². The largest absolute Gasteiger partial charge is 0.469 e. The van der Waals surface area contributed by atoms with Crippen LogP contribution in [-0.4, -0.2) is 61.4 Å². The molecular weight excluding hydrogens is 408 g/mol. The van der Waals surface area contributed by atoms with Crippen molar-refractivity contribution < 1.29 is 28.8 Å². The van der Waals surface area contributed by atoms with Gasteiger partial charge in [-0.3, -0.25) is 4.79 Å². The summed E-state index contributed by atoms with van der Waals surface area (Å²) in [6.07, 6.45) is 8.92. The number of epoxide rings is 1. The average molecular weight is 453 g/mol. The first-order chi connectivity index (χ1) is 15.0. The van der Waals surface area contributed by atoms with E-state index in [4.69, 9.17) is 18.9 Å². The second-order valence-corrected chi connectivity index (χ2v) is 10.1. The number of methoxy groups -OCH3 is 2. The van der Waals surface area contributed by atoms with Crippen molar-refractivity contribution in [3.63, 3.8) is 0 Å². The third kappa shape index (κ3) is 7.14. The molecule has 1 N–H and O–H groups in total. The highest BCUT2D eigenvalue weighted by Gasteiger charge is 2.56. The summed E-state index contributed by atoms with van der Waals surface area (Å²) in [4.78, 5) is 11.6. The van der Waals surface area contributed by atoms with Gasteiger partial charge in [0.25, 0.3) is 0 Å². The lowest BCUT2D eigenvalue weighted by Crippen LogP contribution is -2.36. The van der Waals surface area contributed by atoms with E-state index >= 15 is 0 Å². The Morgan fingerprint density at radius 2 is 1.94 bits per heavy atom. The van der Waals surface area contributed by atoms with Crippen LogP contribution in [0.2, 0.25) is 0 Å². The summed E-state index contributed by atoms with van der Waals surface area (Å²) in [5, 5.41) is 9.95. The first kappa shape index (κ1) is 27.0. The summed E-state index contributed by atoms with van der Waals surface area (Å²) in [5.41, 5.74) is 0.992. The zero-order valence-corrected chi connectivity index (χ0v) is 21.2. The first-order valence-electron chi connectivity index (χ1n) is 12.0. The minimum Gasteiger partial charge on any atom is -0.469 e. The minimum atomic E-state index is -0.523. The quantitative estimate of drug-likeness (QED) is 0.283. The van der Waals surface area contributed by atoms with Crippen molar-refractivity contribution in [2.45, 2.75) is 103 Å². The Labute approximate surface area is 194 Å². The maximum Gasteiger partial charge on any atom is 0.308 e. The maximum atomic E-state index is 11.6. The number of esters is 1. The molecule has 0 aliphatic carbocycles. The fourth-order valence-corrected chi connectivity index (χ4v) is 5.29. The first-order valence-corrected chi connectivity index (χ1v) is 12.0. The molecule has 6 nitrogen and oxygen atoms in total. The SMILES string of the molecule is COC(=O)C[C@H]1CC[C@H](C)[C@@H](/C(C)=C/C=C/[C@@H](C)CC2(C)O[C@@H]2[C@H](C)[C@@H](OC)[C@@H](C)O)O1. The molecule has 2 rings (SSSR count). The molecule has 0 aromatic rings. The molecule has 2 fully saturated rings. The lowest BCUT2D eigenvalue weighted by molar-refractivity contribution is -0.147. The summed E-state index contributed by atoms with van der Waals surface area (Å²) in [7, 11) is 3.06. The molecule has 2 saturated heterocycles. The maximum absolute atomic E-state index is 11.6. The predicted octanol–water partition coefficient (Wildman–Crippen LogP) is 4.45. The van der Waals surface area contributed by atoms with Crippen LogP contribution in [0.4, 0.5) is 0 Å². The summed E-state index contributed by atoms with van der Waals surface area (Å²) in [6.45, 7) is 12.5. The van der Waals surface area contributed by atoms with Crippen LogP contribution in [0.1, 0.15) is 67.2 Å². The molecule has 184 valence electrons. The Morgan fingerprint density at radius 3 is 2.53 bits per heavy atom. The molecule has 32 heavy (non-hydrogen) atoms. The van der Waals surface area contributed by atoms with Crippen molar-refractivity contribution >= 4 is 5.97 Å². The highest BCUT2D eigenvalue weighted by molar-refractivity contribution is 5.69. The summed E-state index contributed by atoms with van der Waals surface area (Å²) >= 11 is 0. The Bertz CT molecular complexity index is 671. The van der Waals surface area contributed by atoms with E-state index in [0.29, 0.717) is 18.3 Å². The summed E-state index contributed by atoms with van der Waals surface area (Å²) in [6, 6.07) is 0. The van der Waals surface area contributed by atoms with E-state index in [1.54, 1.807) is 14.0 Å². The number of carbonyl (C=O) groups excluding carboxylic acids is 1. The third-order valence-corrected chi connectivity index (χ3v) is 7.08. The molecule has 2 heterocycles. The molecule has 1 unspecified atom stereocenters. The fourth-order valence-electron chi connectivity index (χ4n) is 5.29. The van der Waals surface area contributed by atoms with Gasteiger partial charge in [-0.2, -0.15) is 0 Å². The fraction of sp³-hybridized carbons (Fsp3) is 0.808. The van der Waals surface area contributed by atoms with Crippen LogP contribution in [-0.2, 0) is 23.7 Å². The average Bonchev–Trinajstić information content (AvgIpc) is 3.39. The van der Waals surface area contributed by atoms with E-state index in [0.717, 1.165) is 19.3 Å². The zero-order chi connectivity index (χ0) is 24.1. The topological polar surface area (TPSA) is 77.5 Å². The number of aliphatic hydroxyl groups is 1. The zero-order valence-electron chi connectivity index (χ0n) is 21.2. The molecule has 0 spiro atoms. The summed E-state index contributed by atoms with van der Waals surface area (Å²) < 4.78 is 22.5. The van der Waals surface area contributed by atoms with Crippen molar-refractivity contribution in [3.8, 4) is 0 Å². The lowest BCUT2D eigenvalue weighted by Gasteiger charge is -2.35. The molecule has 0 radical (unpaired) electrons. The third-order valence-electron chi connectivity index (χ3n) is 7.08. The number of hydrogen-bond acceptors (Lipinski definition) is 6. The number of ether oxygens (including phenoxy) is 4. The van der Waals surface area contributed by atoms with Gasteiger partial charge in [-0.25, -0.2) is 0 Å². The molecule has 0 bridgehead atoms. The number of rotatable bonds is 11. The minimum absolute atomic E-state index is 0.0272. The molecule has 0 saturated carbocycles. The van der Waals surface area contributed by atoms with Crippen LogP contribution in [0.3, 0.4) is 0 Å².